The lowest BCUT2D eigenvalue weighted by molar-refractivity contribution is 0.581. The Morgan fingerprint density at radius 1 is 1.19 bits per heavy atom. The SMILES string of the molecule is CNC(CCS)c1ccc(CC(C)C)cc1. The van der Waals surface area contributed by atoms with Crippen molar-refractivity contribution in [3.63, 3.8) is 0 Å². The van der Waals surface area contributed by atoms with Crippen LogP contribution in [0.15, 0.2) is 24.3 Å². The standard InChI is InChI=1S/C14H23NS/c1-11(2)10-12-4-6-13(7-5-12)14(15-3)8-9-16/h4-7,11,14-16H,8-10H2,1-3H3. The molecule has 1 atom stereocenters. The molecule has 16 heavy (non-hydrogen) atoms. The van der Waals surface area contributed by atoms with E-state index in [0.717, 1.165) is 24.5 Å². The van der Waals surface area contributed by atoms with Gasteiger partial charge in [-0.3, -0.25) is 0 Å². The summed E-state index contributed by atoms with van der Waals surface area (Å²) in [6, 6.07) is 9.41. The van der Waals surface area contributed by atoms with Crippen molar-refractivity contribution in [1.82, 2.24) is 5.32 Å². The highest BCUT2D eigenvalue weighted by atomic mass is 32.1. The van der Waals surface area contributed by atoms with E-state index in [1.807, 2.05) is 7.05 Å². The monoisotopic (exact) mass is 237 g/mol. The number of thiol groups is 1. The highest BCUT2D eigenvalue weighted by Gasteiger charge is 2.07. The molecular weight excluding hydrogens is 214 g/mol. The third-order valence-electron chi connectivity index (χ3n) is 2.79. The Labute approximate surface area is 105 Å². The molecule has 0 bridgehead atoms. The van der Waals surface area contributed by atoms with Gasteiger partial charge in [0.2, 0.25) is 0 Å². The van der Waals surface area contributed by atoms with E-state index in [4.69, 9.17) is 0 Å². The molecule has 0 aliphatic carbocycles. The quantitative estimate of drug-likeness (QED) is 0.722. The average Bonchev–Trinajstić information content (AvgIpc) is 2.26. The largest absolute Gasteiger partial charge is 0.313 e. The number of hydrogen-bond acceptors (Lipinski definition) is 2. The van der Waals surface area contributed by atoms with Crippen molar-refractivity contribution in [2.75, 3.05) is 12.8 Å². The zero-order valence-electron chi connectivity index (χ0n) is 10.5. The molecule has 1 N–H and O–H groups in total. The molecule has 0 aliphatic rings. The summed E-state index contributed by atoms with van der Waals surface area (Å²) in [5, 5.41) is 3.33. The van der Waals surface area contributed by atoms with Crippen LogP contribution in [0.4, 0.5) is 0 Å². The van der Waals surface area contributed by atoms with Crippen molar-refractivity contribution in [2.24, 2.45) is 5.92 Å². The summed E-state index contributed by atoms with van der Waals surface area (Å²) < 4.78 is 0. The van der Waals surface area contributed by atoms with Crippen molar-refractivity contribution in [2.45, 2.75) is 32.7 Å². The van der Waals surface area contributed by atoms with E-state index < -0.39 is 0 Å². The molecule has 1 rings (SSSR count). The van der Waals surface area contributed by atoms with E-state index in [1.165, 1.54) is 11.1 Å². The molecule has 1 unspecified atom stereocenters. The minimum absolute atomic E-state index is 0.436. The Hall–Kier alpha value is -0.470. The van der Waals surface area contributed by atoms with E-state index in [0.29, 0.717) is 6.04 Å². The number of hydrogen-bond donors (Lipinski definition) is 2. The highest BCUT2D eigenvalue weighted by molar-refractivity contribution is 7.80. The number of benzene rings is 1. The smallest absolute Gasteiger partial charge is 0.0325 e. The number of rotatable bonds is 6. The van der Waals surface area contributed by atoms with Crippen LogP contribution in [0, 0.1) is 5.92 Å². The third-order valence-corrected chi connectivity index (χ3v) is 3.05. The fourth-order valence-electron chi connectivity index (χ4n) is 1.96. The fourth-order valence-corrected chi connectivity index (χ4v) is 2.22. The second-order valence-electron chi connectivity index (χ2n) is 4.69. The molecule has 90 valence electrons. The van der Waals surface area contributed by atoms with Gasteiger partial charge in [0.1, 0.15) is 0 Å². The van der Waals surface area contributed by atoms with Crippen molar-refractivity contribution in [1.29, 1.82) is 0 Å². The third kappa shape index (κ3) is 4.18. The first-order valence-electron chi connectivity index (χ1n) is 6.04. The average molecular weight is 237 g/mol. The number of nitrogens with one attached hydrogen (secondary N) is 1. The normalized spacial score (nSPS) is 13.1. The van der Waals surface area contributed by atoms with Crippen LogP contribution in [-0.2, 0) is 6.42 Å². The van der Waals surface area contributed by atoms with Gasteiger partial charge in [-0.1, -0.05) is 38.1 Å². The summed E-state index contributed by atoms with van der Waals surface area (Å²) in [4.78, 5) is 0. The lowest BCUT2D eigenvalue weighted by Crippen LogP contribution is -2.16. The van der Waals surface area contributed by atoms with Crippen LogP contribution in [0.2, 0.25) is 0 Å². The summed E-state index contributed by atoms with van der Waals surface area (Å²) in [7, 11) is 2.01. The van der Waals surface area contributed by atoms with E-state index in [-0.39, 0.29) is 0 Å². The lowest BCUT2D eigenvalue weighted by Gasteiger charge is -2.16. The maximum absolute atomic E-state index is 4.29. The van der Waals surface area contributed by atoms with E-state index in [2.05, 4.69) is 56.1 Å². The van der Waals surface area contributed by atoms with E-state index >= 15 is 0 Å². The molecule has 0 aromatic heterocycles. The first kappa shape index (κ1) is 13.6. The highest BCUT2D eigenvalue weighted by Crippen LogP contribution is 2.18. The maximum atomic E-state index is 4.29. The Morgan fingerprint density at radius 3 is 2.25 bits per heavy atom. The molecule has 1 aromatic carbocycles. The second kappa shape index (κ2) is 6.97. The molecule has 0 saturated carbocycles. The Balaban J connectivity index is 2.69. The van der Waals surface area contributed by atoms with Crippen LogP contribution in [0.1, 0.15) is 37.4 Å². The molecule has 0 saturated heterocycles. The summed E-state index contributed by atoms with van der Waals surface area (Å²) in [5.41, 5.74) is 2.79. The fraction of sp³-hybridized carbons (Fsp3) is 0.571. The van der Waals surface area contributed by atoms with Gasteiger partial charge in [-0.2, -0.15) is 12.6 Å². The lowest BCUT2D eigenvalue weighted by atomic mass is 9.98. The molecular formula is C14H23NS. The summed E-state index contributed by atoms with van der Waals surface area (Å²) >= 11 is 4.29. The molecule has 0 aliphatic heterocycles. The van der Waals surface area contributed by atoms with Crippen molar-refractivity contribution in [3.8, 4) is 0 Å². The molecule has 2 heteroatoms. The van der Waals surface area contributed by atoms with E-state index in [1.54, 1.807) is 0 Å². The van der Waals surface area contributed by atoms with Gasteiger partial charge < -0.3 is 5.32 Å². The van der Waals surface area contributed by atoms with Crippen LogP contribution in [0.3, 0.4) is 0 Å². The van der Waals surface area contributed by atoms with Gasteiger partial charge in [-0.05, 0) is 42.7 Å². The Morgan fingerprint density at radius 2 is 1.81 bits per heavy atom. The minimum atomic E-state index is 0.436. The minimum Gasteiger partial charge on any atom is -0.313 e. The zero-order chi connectivity index (χ0) is 12.0. The van der Waals surface area contributed by atoms with Crippen LogP contribution >= 0.6 is 12.6 Å². The van der Waals surface area contributed by atoms with Gasteiger partial charge in [0.15, 0.2) is 0 Å². The maximum Gasteiger partial charge on any atom is 0.0325 e. The van der Waals surface area contributed by atoms with Gasteiger partial charge in [0.25, 0.3) is 0 Å². The van der Waals surface area contributed by atoms with Gasteiger partial charge in [0, 0.05) is 6.04 Å². The van der Waals surface area contributed by atoms with Crippen molar-refractivity contribution >= 4 is 12.6 Å². The first-order valence-corrected chi connectivity index (χ1v) is 6.67. The predicted octanol–water partition coefficient (Wildman–Crippen LogP) is 3.47. The van der Waals surface area contributed by atoms with E-state index in [9.17, 15) is 0 Å². The van der Waals surface area contributed by atoms with Crippen LogP contribution in [0.25, 0.3) is 0 Å². The van der Waals surface area contributed by atoms with Crippen LogP contribution < -0.4 is 5.32 Å². The van der Waals surface area contributed by atoms with Gasteiger partial charge in [-0.15, -0.1) is 0 Å². The topological polar surface area (TPSA) is 12.0 Å². The van der Waals surface area contributed by atoms with Gasteiger partial charge >= 0.3 is 0 Å². The van der Waals surface area contributed by atoms with Crippen LogP contribution in [-0.4, -0.2) is 12.8 Å². The molecule has 0 radical (unpaired) electrons. The van der Waals surface area contributed by atoms with Gasteiger partial charge in [-0.25, -0.2) is 0 Å². The molecule has 0 amide bonds. The molecule has 0 heterocycles. The molecule has 0 spiro atoms. The van der Waals surface area contributed by atoms with Crippen molar-refractivity contribution < 1.29 is 0 Å². The van der Waals surface area contributed by atoms with Crippen LogP contribution in [0.5, 0.6) is 0 Å². The summed E-state index contributed by atoms with van der Waals surface area (Å²) in [6.07, 6.45) is 2.24. The molecule has 0 fully saturated rings. The predicted molar refractivity (Wildman–Crippen MR) is 75.3 cm³/mol. The second-order valence-corrected chi connectivity index (χ2v) is 5.14. The summed E-state index contributed by atoms with van der Waals surface area (Å²) in [5.74, 6) is 1.64. The van der Waals surface area contributed by atoms with Gasteiger partial charge in [0.05, 0.1) is 0 Å². The summed E-state index contributed by atoms with van der Waals surface area (Å²) in [6.45, 7) is 4.51. The first-order chi connectivity index (χ1) is 7.67. The molecule has 1 aromatic rings. The Bertz CT molecular complexity index is 292. The van der Waals surface area contributed by atoms with Crippen molar-refractivity contribution in [3.05, 3.63) is 35.4 Å². The Kier molecular flexibility index (Phi) is 5.93. The molecule has 1 nitrogen and oxygen atoms in total. The zero-order valence-corrected chi connectivity index (χ0v) is 11.4.